The van der Waals surface area contributed by atoms with Crippen molar-refractivity contribution in [1.82, 2.24) is 10.2 Å². The standard InChI is InChI=1S/C21H24N2O2/c1-16-12-14-23(15-13-16)21(25)19(17-8-4-2-5-9-17)22-20(24)18-10-6-3-7-11-18/h2-11,16,19H,12-15H2,1H3,(H,22,24). The van der Waals surface area contributed by atoms with E-state index < -0.39 is 6.04 Å². The first-order valence-electron chi connectivity index (χ1n) is 8.85. The lowest BCUT2D eigenvalue weighted by atomic mass is 9.97. The molecule has 3 rings (SSSR count). The Morgan fingerprint density at radius 3 is 2.12 bits per heavy atom. The van der Waals surface area contributed by atoms with Crippen molar-refractivity contribution in [3.63, 3.8) is 0 Å². The predicted molar refractivity (Wildman–Crippen MR) is 98.1 cm³/mol. The van der Waals surface area contributed by atoms with Crippen LogP contribution in [-0.2, 0) is 4.79 Å². The van der Waals surface area contributed by atoms with E-state index in [2.05, 4.69) is 12.2 Å². The summed E-state index contributed by atoms with van der Waals surface area (Å²) in [5, 5.41) is 2.93. The van der Waals surface area contributed by atoms with Crippen LogP contribution in [0.4, 0.5) is 0 Å². The van der Waals surface area contributed by atoms with Gasteiger partial charge in [-0.05, 0) is 36.5 Å². The molecule has 0 aliphatic carbocycles. The molecule has 0 bridgehead atoms. The van der Waals surface area contributed by atoms with Gasteiger partial charge in [-0.3, -0.25) is 9.59 Å². The maximum atomic E-state index is 13.1. The Hall–Kier alpha value is -2.62. The summed E-state index contributed by atoms with van der Waals surface area (Å²) in [4.78, 5) is 27.5. The molecule has 0 aromatic heterocycles. The zero-order valence-corrected chi connectivity index (χ0v) is 14.5. The van der Waals surface area contributed by atoms with Crippen molar-refractivity contribution < 1.29 is 9.59 Å². The van der Waals surface area contributed by atoms with Crippen LogP contribution in [0.5, 0.6) is 0 Å². The summed E-state index contributed by atoms with van der Waals surface area (Å²) in [6.45, 7) is 3.72. The molecule has 1 atom stereocenters. The van der Waals surface area contributed by atoms with Gasteiger partial charge in [0.2, 0.25) is 5.91 Å². The van der Waals surface area contributed by atoms with Crippen LogP contribution in [0.2, 0.25) is 0 Å². The molecule has 2 aromatic rings. The lowest BCUT2D eigenvalue weighted by Crippen LogP contribution is -2.45. The summed E-state index contributed by atoms with van der Waals surface area (Å²) in [5.41, 5.74) is 1.37. The number of carbonyl (C=O) groups is 2. The number of hydrogen-bond donors (Lipinski definition) is 1. The normalized spacial score (nSPS) is 16.3. The maximum absolute atomic E-state index is 13.1. The fraction of sp³-hybridized carbons (Fsp3) is 0.333. The van der Waals surface area contributed by atoms with Gasteiger partial charge in [0.1, 0.15) is 6.04 Å². The van der Waals surface area contributed by atoms with E-state index in [0.29, 0.717) is 11.5 Å². The highest BCUT2D eigenvalue weighted by Crippen LogP contribution is 2.22. The molecule has 4 heteroatoms. The van der Waals surface area contributed by atoms with Gasteiger partial charge in [0.05, 0.1) is 0 Å². The number of benzene rings is 2. The predicted octanol–water partition coefficient (Wildman–Crippen LogP) is 3.42. The van der Waals surface area contributed by atoms with Gasteiger partial charge >= 0.3 is 0 Å². The van der Waals surface area contributed by atoms with Crippen LogP contribution < -0.4 is 5.32 Å². The van der Waals surface area contributed by atoms with E-state index in [0.717, 1.165) is 31.5 Å². The van der Waals surface area contributed by atoms with Gasteiger partial charge in [0, 0.05) is 18.7 Å². The van der Waals surface area contributed by atoms with Crippen LogP contribution in [0, 0.1) is 5.92 Å². The van der Waals surface area contributed by atoms with Crippen LogP contribution in [0.15, 0.2) is 60.7 Å². The third-order valence-electron chi connectivity index (χ3n) is 4.79. The van der Waals surface area contributed by atoms with Gasteiger partial charge in [-0.15, -0.1) is 0 Å². The van der Waals surface area contributed by atoms with Crippen LogP contribution in [0.1, 0.15) is 41.7 Å². The number of rotatable bonds is 4. The molecule has 25 heavy (non-hydrogen) atoms. The summed E-state index contributed by atoms with van der Waals surface area (Å²) < 4.78 is 0. The van der Waals surface area contributed by atoms with Crippen LogP contribution in [0.3, 0.4) is 0 Å². The van der Waals surface area contributed by atoms with Gasteiger partial charge in [0.25, 0.3) is 5.91 Å². The molecule has 1 aliphatic heterocycles. The van der Waals surface area contributed by atoms with Crippen LogP contribution in [0.25, 0.3) is 0 Å². The Morgan fingerprint density at radius 1 is 0.960 bits per heavy atom. The second-order valence-corrected chi connectivity index (χ2v) is 6.69. The molecule has 0 saturated carbocycles. The minimum absolute atomic E-state index is 0.0256. The van der Waals surface area contributed by atoms with Crippen molar-refractivity contribution in [3.8, 4) is 0 Å². The van der Waals surface area contributed by atoms with Gasteiger partial charge in [-0.25, -0.2) is 0 Å². The average Bonchev–Trinajstić information content (AvgIpc) is 2.67. The molecule has 4 nitrogen and oxygen atoms in total. The molecule has 130 valence electrons. The van der Waals surface area contributed by atoms with E-state index in [-0.39, 0.29) is 11.8 Å². The molecule has 0 spiro atoms. The number of piperidine rings is 1. The molecular formula is C21H24N2O2. The highest BCUT2D eigenvalue weighted by atomic mass is 16.2. The number of likely N-dealkylation sites (tertiary alicyclic amines) is 1. The fourth-order valence-electron chi connectivity index (χ4n) is 3.15. The Bertz CT molecular complexity index is 707. The number of hydrogen-bond acceptors (Lipinski definition) is 2. The monoisotopic (exact) mass is 336 g/mol. The van der Waals surface area contributed by atoms with Crippen molar-refractivity contribution in [2.75, 3.05) is 13.1 Å². The SMILES string of the molecule is CC1CCN(C(=O)C(NC(=O)c2ccccc2)c2ccccc2)CC1. The molecular weight excluding hydrogens is 312 g/mol. The Labute approximate surface area is 148 Å². The van der Waals surface area contributed by atoms with Crippen molar-refractivity contribution in [3.05, 3.63) is 71.8 Å². The molecule has 2 aromatic carbocycles. The highest BCUT2D eigenvalue weighted by Gasteiger charge is 2.29. The molecule has 1 fully saturated rings. The smallest absolute Gasteiger partial charge is 0.252 e. The largest absolute Gasteiger partial charge is 0.341 e. The summed E-state index contributed by atoms with van der Waals surface area (Å²) >= 11 is 0. The molecule has 0 radical (unpaired) electrons. The second-order valence-electron chi connectivity index (χ2n) is 6.69. The minimum Gasteiger partial charge on any atom is -0.341 e. The molecule has 1 heterocycles. The molecule has 1 N–H and O–H groups in total. The lowest BCUT2D eigenvalue weighted by molar-refractivity contribution is -0.134. The van der Waals surface area contributed by atoms with Crippen LogP contribution in [-0.4, -0.2) is 29.8 Å². The maximum Gasteiger partial charge on any atom is 0.252 e. The van der Waals surface area contributed by atoms with E-state index in [9.17, 15) is 9.59 Å². The third-order valence-corrected chi connectivity index (χ3v) is 4.79. The molecule has 1 aliphatic rings. The first-order valence-corrected chi connectivity index (χ1v) is 8.85. The Morgan fingerprint density at radius 2 is 1.52 bits per heavy atom. The Balaban J connectivity index is 1.80. The Kier molecular flexibility index (Phi) is 5.49. The second kappa shape index (κ2) is 7.97. The molecule has 1 saturated heterocycles. The highest BCUT2D eigenvalue weighted by molar-refractivity contribution is 5.97. The van der Waals surface area contributed by atoms with Gasteiger partial charge in [0.15, 0.2) is 0 Å². The van der Waals surface area contributed by atoms with Crippen molar-refractivity contribution in [1.29, 1.82) is 0 Å². The van der Waals surface area contributed by atoms with Crippen molar-refractivity contribution >= 4 is 11.8 Å². The zero-order chi connectivity index (χ0) is 17.6. The number of nitrogens with zero attached hydrogens (tertiary/aromatic N) is 1. The van der Waals surface area contributed by atoms with Crippen molar-refractivity contribution in [2.45, 2.75) is 25.8 Å². The van der Waals surface area contributed by atoms with E-state index in [1.54, 1.807) is 12.1 Å². The number of nitrogens with one attached hydrogen (secondary N) is 1. The third kappa shape index (κ3) is 4.27. The van der Waals surface area contributed by atoms with Gasteiger partial charge < -0.3 is 10.2 Å². The van der Waals surface area contributed by atoms with E-state index >= 15 is 0 Å². The average molecular weight is 336 g/mol. The lowest BCUT2D eigenvalue weighted by Gasteiger charge is -2.33. The van der Waals surface area contributed by atoms with E-state index in [4.69, 9.17) is 0 Å². The first kappa shape index (κ1) is 17.2. The summed E-state index contributed by atoms with van der Waals surface area (Å²) in [5.74, 6) is 0.397. The minimum atomic E-state index is -0.651. The van der Waals surface area contributed by atoms with Crippen LogP contribution >= 0.6 is 0 Å². The van der Waals surface area contributed by atoms with Gasteiger partial charge in [-0.2, -0.15) is 0 Å². The fourth-order valence-corrected chi connectivity index (χ4v) is 3.15. The summed E-state index contributed by atoms with van der Waals surface area (Å²) in [7, 11) is 0. The molecule has 1 unspecified atom stereocenters. The first-order chi connectivity index (χ1) is 12.1. The van der Waals surface area contributed by atoms with E-state index in [1.807, 2.05) is 53.4 Å². The van der Waals surface area contributed by atoms with Crippen molar-refractivity contribution in [2.24, 2.45) is 5.92 Å². The topological polar surface area (TPSA) is 49.4 Å². The zero-order valence-electron chi connectivity index (χ0n) is 14.5. The van der Waals surface area contributed by atoms with Gasteiger partial charge in [-0.1, -0.05) is 55.5 Å². The summed E-state index contributed by atoms with van der Waals surface area (Å²) in [6, 6.07) is 17.8. The molecule has 2 amide bonds. The summed E-state index contributed by atoms with van der Waals surface area (Å²) in [6.07, 6.45) is 2.03. The quantitative estimate of drug-likeness (QED) is 0.930. The number of amides is 2. The number of carbonyl (C=O) groups excluding carboxylic acids is 2. The van der Waals surface area contributed by atoms with E-state index in [1.165, 1.54) is 0 Å².